The molecule has 3 nitrogen and oxygen atoms in total. The summed E-state index contributed by atoms with van der Waals surface area (Å²) in [5, 5.41) is 8.81. The van der Waals surface area contributed by atoms with Gasteiger partial charge in [-0.05, 0) is 30.2 Å². The second-order valence-electron chi connectivity index (χ2n) is 3.17. The summed E-state index contributed by atoms with van der Waals surface area (Å²) >= 11 is 0. The third-order valence-electron chi connectivity index (χ3n) is 2.20. The van der Waals surface area contributed by atoms with E-state index in [0.29, 0.717) is 0 Å². The smallest absolute Gasteiger partial charge is 0.123 e. The fraction of sp³-hybridized carbons (Fsp3) is 0.333. The molecule has 1 N–H and O–H groups in total. The Bertz CT molecular complexity index is 334. The number of methoxy groups -OCH3 is 2. The standard InChI is InChI=1S/C12H16O3/c1-9(4-5-13)10-6-11(14-2)8-12(7-10)15-3/h4,6-8,13H,5H2,1-3H3/b9-4+. The maximum absolute atomic E-state index is 8.81. The molecular formula is C12H16O3. The third-order valence-corrected chi connectivity index (χ3v) is 2.20. The van der Waals surface area contributed by atoms with Crippen molar-refractivity contribution in [2.24, 2.45) is 0 Å². The molecule has 0 unspecified atom stereocenters. The highest BCUT2D eigenvalue weighted by Crippen LogP contribution is 2.26. The molecular weight excluding hydrogens is 192 g/mol. The monoisotopic (exact) mass is 208 g/mol. The van der Waals surface area contributed by atoms with E-state index < -0.39 is 0 Å². The first-order valence-electron chi connectivity index (χ1n) is 4.72. The topological polar surface area (TPSA) is 38.7 Å². The summed E-state index contributed by atoms with van der Waals surface area (Å²) in [6.45, 7) is 1.97. The average Bonchev–Trinajstić information content (AvgIpc) is 2.28. The van der Waals surface area contributed by atoms with Gasteiger partial charge >= 0.3 is 0 Å². The summed E-state index contributed by atoms with van der Waals surface area (Å²) in [7, 11) is 3.23. The van der Waals surface area contributed by atoms with E-state index in [9.17, 15) is 0 Å². The molecule has 0 saturated heterocycles. The lowest BCUT2D eigenvalue weighted by atomic mass is 10.1. The van der Waals surface area contributed by atoms with E-state index in [2.05, 4.69) is 0 Å². The Hall–Kier alpha value is -1.48. The molecule has 15 heavy (non-hydrogen) atoms. The molecule has 0 bridgehead atoms. The number of aliphatic hydroxyl groups is 1. The van der Waals surface area contributed by atoms with Crippen LogP contribution in [0.4, 0.5) is 0 Å². The van der Waals surface area contributed by atoms with E-state index in [1.54, 1.807) is 20.3 Å². The van der Waals surface area contributed by atoms with Gasteiger partial charge in [0.1, 0.15) is 11.5 Å². The van der Waals surface area contributed by atoms with Gasteiger partial charge in [0, 0.05) is 6.07 Å². The maximum Gasteiger partial charge on any atom is 0.123 e. The van der Waals surface area contributed by atoms with Crippen LogP contribution < -0.4 is 9.47 Å². The van der Waals surface area contributed by atoms with Gasteiger partial charge < -0.3 is 14.6 Å². The molecule has 0 amide bonds. The van der Waals surface area contributed by atoms with Crippen molar-refractivity contribution in [3.63, 3.8) is 0 Å². The Balaban J connectivity index is 3.12. The molecule has 3 heteroatoms. The molecule has 0 heterocycles. The van der Waals surface area contributed by atoms with Crippen LogP contribution in [0.5, 0.6) is 11.5 Å². The second-order valence-corrected chi connectivity index (χ2v) is 3.17. The minimum atomic E-state index is 0.0331. The molecule has 82 valence electrons. The number of ether oxygens (including phenoxy) is 2. The fourth-order valence-electron chi connectivity index (χ4n) is 1.29. The highest BCUT2D eigenvalue weighted by molar-refractivity contribution is 5.66. The van der Waals surface area contributed by atoms with Crippen molar-refractivity contribution in [3.8, 4) is 11.5 Å². The van der Waals surface area contributed by atoms with Crippen molar-refractivity contribution in [2.45, 2.75) is 6.92 Å². The number of hydrogen-bond donors (Lipinski definition) is 1. The Morgan fingerprint density at radius 2 is 1.73 bits per heavy atom. The predicted octanol–water partition coefficient (Wildman–Crippen LogP) is 2.10. The van der Waals surface area contributed by atoms with E-state index >= 15 is 0 Å². The van der Waals surface area contributed by atoms with Crippen molar-refractivity contribution in [3.05, 3.63) is 29.8 Å². The largest absolute Gasteiger partial charge is 0.497 e. The zero-order valence-corrected chi connectivity index (χ0v) is 9.28. The van der Waals surface area contributed by atoms with Crippen molar-refractivity contribution in [2.75, 3.05) is 20.8 Å². The van der Waals surface area contributed by atoms with Gasteiger partial charge in [0.25, 0.3) is 0 Å². The first-order valence-corrected chi connectivity index (χ1v) is 4.72. The molecule has 0 atom stereocenters. The Kier molecular flexibility index (Phi) is 4.18. The number of allylic oxidation sites excluding steroid dienone is 1. The zero-order valence-electron chi connectivity index (χ0n) is 9.28. The minimum absolute atomic E-state index is 0.0331. The van der Waals surface area contributed by atoms with Crippen molar-refractivity contribution >= 4 is 5.57 Å². The van der Waals surface area contributed by atoms with Crippen LogP contribution in [0.2, 0.25) is 0 Å². The Morgan fingerprint density at radius 3 is 2.13 bits per heavy atom. The van der Waals surface area contributed by atoms with Gasteiger partial charge in [-0.1, -0.05) is 6.08 Å². The van der Waals surface area contributed by atoms with Crippen LogP contribution in [0.3, 0.4) is 0 Å². The quantitative estimate of drug-likeness (QED) is 0.823. The molecule has 0 aromatic heterocycles. The number of benzene rings is 1. The van der Waals surface area contributed by atoms with E-state index in [-0.39, 0.29) is 6.61 Å². The van der Waals surface area contributed by atoms with Crippen molar-refractivity contribution in [1.29, 1.82) is 0 Å². The predicted molar refractivity (Wildman–Crippen MR) is 60.3 cm³/mol. The molecule has 0 aliphatic heterocycles. The third kappa shape index (κ3) is 2.99. The van der Waals surface area contributed by atoms with Gasteiger partial charge in [0.2, 0.25) is 0 Å². The molecule has 0 saturated carbocycles. The van der Waals surface area contributed by atoms with Crippen LogP contribution in [0.1, 0.15) is 12.5 Å². The second kappa shape index (κ2) is 5.41. The first-order chi connectivity index (χ1) is 7.21. The van der Waals surface area contributed by atoms with Crippen LogP contribution in [0.25, 0.3) is 5.57 Å². The number of hydrogen-bond acceptors (Lipinski definition) is 3. The number of aliphatic hydroxyl groups excluding tert-OH is 1. The molecule has 1 aromatic carbocycles. The molecule has 1 rings (SSSR count). The van der Waals surface area contributed by atoms with Crippen LogP contribution in [-0.2, 0) is 0 Å². The fourth-order valence-corrected chi connectivity index (χ4v) is 1.29. The van der Waals surface area contributed by atoms with Gasteiger partial charge in [-0.15, -0.1) is 0 Å². The van der Waals surface area contributed by atoms with Crippen LogP contribution in [-0.4, -0.2) is 25.9 Å². The highest BCUT2D eigenvalue weighted by Gasteiger charge is 2.02. The normalized spacial score (nSPS) is 11.3. The molecule has 0 aliphatic rings. The Labute approximate surface area is 90.0 Å². The lowest BCUT2D eigenvalue weighted by Gasteiger charge is -2.08. The average molecular weight is 208 g/mol. The molecule has 0 fully saturated rings. The van der Waals surface area contributed by atoms with Gasteiger partial charge in [-0.3, -0.25) is 0 Å². The molecule has 0 aliphatic carbocycles. The lowest BCUT2D eigenvalue weighted by Crippen LogP contribution is -1.90. The molecule has 0 radical (unpaired) electrons. The first kappa shape index (κ1) is 11.6. The SMILES string of the molecule is COc1cc(OC)cc(/C(C)=C/CO)c1. The summed E-state index contributed by atoms with van der Waals surface area (Å²) in [6, 6.07) is 5.63. The summed E-state index contributed by atoms with van der Waals surface area (Å²) in [5.41, 5.74) is 1.98. The van der Waals surface area contributed by atoms with Crippen LogP contribution in [0.15, 0.2) is 24.3 Å². The van der Waals surface area contributed by atoms with E-state index in [1.165, 1.54) is 0 Å². The van der Waals surface area contributed by atoms with E-state index in [4.69, 9.17) is 14.6 Å². The highest BCUT2D eigenvalue weighted by atomic mass is 16.5. The van der Waals surface area contributed by atoms with Gasteiger partial charge in [0.05, 0.1) is 20.8 Å². The van der Waals surface area contributed by atoms with E-state index in [0.717, 1.165) is 22.6 Å². The lowest BCUT2D eigenvalue weighted by molar-refractivity contribution is 0.343. The summed E-state index contributed by atoms with van der Waals surface area (Å²) < 4.78 is 10.3. The van der Waals surface area contributed by atoms with E-state index in [1.807, 2.05) is 25.1 Å². The summed E-state index contributed by atoms with van der Waals surface area (Å²) in [4.78, 5) is 0. The summed E-state index contributed by atoms with van der Waals surface area (Å²) in [6.07, 6.45) is 1.74. The summed E-state index contributed by atoms with van der Waals surface area (Å²) in [5.74, 6) is 1.49. The molecule has 0 spiro atoms. The van der Waals surface area contributed by atoms with Crippen LogP contribution >= 0.6 is 0 Å². The minimum Gasteiger partial charge on any atom is -0.497 e. The van der Waals surface area contributed by atoms with Gasteiger partial charge in [0.15, 0.2) is 0 Å². The van der Waals surface area contributed by atoms with Crippen LogP contribution in [0, 0.1) is 0 Å². The van der Waals surface area contributed by atoms with Gasteiger partial charge in [-0.2, -0.15) is 0 Å². The number of rotatable bonds is 4. The van der Waals surface area contributed by atoms with Gasteiger partial charge in [-0.25, -0.2) is 0 Å². The maximum atomic E-state index is 8.81. The van der Waals surface area contributed by atoms with Crippen molar-refractivity contribution in [1.82, 2.24) is 0 Å². The molecule has 1 aromatic rings. The Morgan fingerprint density at radius 1 is 1.20 bits per heavy atom. The zero-order chi connectivity index (χ0) is 11.3. The van der Waals surface area contributed by atoms with Crippen molar-refractivity contribution < 1.29 is 14.6 Å².